The lowest BCUT2D eigenvalue weighted by Gasteiger charge is -2.37. The minimum absolute atomic E-state index is 0.00582. The summed E-state index contributed by atoms with van der Waals surface area (Å²) in [5, 5.41) is 30.2. The van der Waals surface area contributed by atoms with E-state index in [0.717, 1.165) is 68.7 Å². The normalized spacial score (nSPS) is 17.6. The van der Waals surface area contributed by atoms with Crippen LogP contribution in [-0.4, -0.2) is 124 Å². The van der Waals surface area contributed by atoms with E-state index in [4.69, 9.17) is 15.7 Å². The summed E-state index contributed by atoms with van der Waals surface area (Å²) in [5.41, 5.74) is 14.1. The Kier molecular flexibility index (Phi) is 21.0. The highest BCUT2D eigenvalue weighted by molar-refractivity contribution is 7.90. The van der Waals surface area contributed by atoms with Gasteiger partial charge in [-0.25, -0.2) is 28.1 Å². The molecule has 0 radical (unpaired) electrons. The van der Waals surface area contributed by atoms with Gasteiger partial charge in [-0.05, 0) is 123 Å². The molecule has 9 rings (SSSR count). The van der Waals surface area contributed by atoms with Gasteiger partial charge in [0.1, 0.15) is 23.6 Å². The maximum absolute atomic E-state index is 14.5. The molecule has 6 aromatic rings. The molecule has 1 aliphatic carbocycles. The number of fused-ring (bicyclic) bond motifs is 2. The van der Waals surface area contributed by atoms with Crippen molar-refractivity contribution in [2.75, 3.05) is 42.2 Å². The van der Waals surface area contributed by atoms with Crippen molar-refractivity contribution in [1.82, 2.24) is 35.2 Å². The number of pyridine rings is 1. The summed E-state index contributed by atoms with van der Waals surface area (Å²) in [7, 11) is -4.28. The molecule has 4 atom stereocenters. The molecule has 0 spiro atoms. The number of unbranched alkanes of at least 4 members (excludes halogenated alkanes) is 2. The third kappa shape index (κ3) is 15.8. The van der Waals surface area contributed by atoms with Crippen LogP contribution in [0, 0.1) is 18.3 Å². The number of allylic oxidation sites excluding steroid dienone is 1. The Balaban J connectivity index is 0.838. The molecule has 23 heteroatoms. The number of benzene rings is 3. The number of para-hydroxylation sites is 1. The van der Waals surface area contributed by atoms with E-state index in [1.807, 2.05) is 86.3 Å². The number of sulfonamides is 1. The third-order valence-electron chi connectivity index (χ3n) is 16.9. The summed E-state index contributed by atoms with van der Waals surface area (Å²) >= 11 is 2.93. The number of aliphatic imine (C=N–C) groups is 1. The van der Waals surface area contributed by atoms with E-state index in [0.29, 0.717) is 58.8 Å². The molecular weight excluding hydrogens is 1160 g/mol. The number of likely N-dealkylation sites (tertiary alicyclic amines) is 1. The van der Waals surface area contributed by atoms with E-state index in [1.165, 1.54) is 28.9 Å². The van der Waals surface area contributed by atoms with E-state index >= 15 is 0 Å². The predicted molar refractivity (Wildman–Crippen MR) is 342 cm³/mol. The van der Waals surface area contributed by atoms with Gasteiger partial charge in [0, 0.05) is 74.2 Å². The number of carbonyl (C=O) groups is 5. The van der Waals surface area contributed by atoms with Crippen molar-refractivity contribution in [2.45, 2.75) is 142 Å². The number of amides is 5. The molecule has 5 heterocycles. The molecule has 0 bridgehead atoms. The second-order valence-electron chi connectivity index (χ2n) is 23.7. The summed E-state index contributed by atoms with van der Waals surface area (Å²) < 4.78 is 30.8. The van der Waals surface area contributed by atoms with Crippen LogP contribution in [0.15, 0.2) is 95.6 Å². The molecular formula is C64H79N11O9S3. The standard InChI is InChI=1S/C64H79N11O9S3/c1-39(43-22-24-45(25-23-43)57-41(3)67-38-85-57)68-60(80)52-33-46(77)36-75(52)62(82)58(64(4,5)29-31-76)71-55(78)21-10-7-13-32-87(83,84)73-61(81)56-47(49(34-65)40(2)66-35-42-15-8-6-9-16-42)26-27-54(70-56)74-30-28-44-17-14-18-48(50(44)37-74)59(79)72-63-69-51-19-11-12-20-53(51)86-63/h11-12,14,17-20,22-27,34,38-39,42,46,52,58,76-77H,6-10,13,15-16,21,28-33,35-37,65H2,1-5H3,(H,68,80)(H,71,78)(H,73,81)(H,69,72,79)/b49-34+,66-40?/t39-,46+,52-,58-/m0/s1. The minimum atomic E-state index is -4.28. The van der Waals surface area contributed by atoms with Crippen molar-refractivity contribution in [1.29, 1.82) is 0 Å². The Morgan fingerprint density at radius 2 is 1.69 bits per heavy atom. The number of thiazole rings is 2. The predicted octanol–water partition coefficient (Wildman–Crippen LogP) is 8.63. The number of β-amino-alcohol motifs (C(OH)–C–C–N with tert-alkyl or cyclic N) is 1. The van der Waals surface area contributed by atoms with Gasteiger partial charge in [-0.2, -0.15) is 0 Å². The van der Waals surface area contributed by atoms with Crippen LogP contribution in [0.2, 0.25) is 0 Å². The van der Waals surface area contributed by atoms with E-state index < -0.39 is 69.0 Å². The number of nitrogens with one attached hydrogen (secondary N) is 4. The highest BCUT2D eigenvalue weighted by atomic mass is 32.2. The summed E-state index contributed by atoms with van der Waals surface area (Å²) in [6.07, 6.45) is 7.19. The monoisotopic (exact) mass is 1240 g/mol. The first-order chi connectivity index (χ1) is 41.7. The Bertz CT molecular complexity index is 3620. The molecule has 3 aromatic carbocycles. The lowest BCUT2D eigenvalue weighted by atomic mass is 9.80. The fourth-order valence-corrected chi connectivity index (χ4v) is 14.6. The molecule has 0 unspecified atom stereocenters. The van der Waals surface area contributed by atoms with E-state index in [-0.39, 0.29) is 69.8 Å². The Labute approximate surface area is 516 Å². The van der Waals surface area contributed by atoms with Crippen LogP contribution < -0.4 is 31.3 Å². The van der Waals surface area contributed by atoms with Crippen molar-refractivity contribution in [3.63, 3.8) is 0 Å². The van der Waals surface area contributed by atoms with Gasteiger partial charge >= 0.3 is 0 Å². The summed E-state index contributed by atoms with van der Waals surface area (Å²) in [6.45, 7) is 10.0. The Hall–Kier alpha value is -7.44. The van der Waals surface area contributed by atoms with Crippen LogP contribution >= 0.6 is 22.7 Å². The SMILES string of the molecule is CC(=NCC1CCCCC1)/C(=C\N)c1ccc(N2CCc3cccc(C(=O)Nc4nc5ccccc5s4)c3C2)nc1C(=O)NS(=O)(=O)CCCCCC(=O)N[C@@H](C(=O)N1C[C@H](O)C[C@H]1C(=O)N[C@@H](C)c1ccc(-c2scnc2C)cc1)C(C)(C)CCO. The van der Waals surface area contributed by atoms with Crippen molar-refractivity contribution in [3.05, 3.63) is 130 Å². The number of aryl methyl sites for hydroxylation is 1. The fraction of sp³-hybridized carbons (Fsp3) is 0.453. The number of hydrogen-bond acceptors (Lipinski definition) is 17. The zero-order valence-electron chi connectivity index (χ0n) is 50.0. The molecule has 2 fully saturated rings. The van der Waals surface area contributed by atoms with Crippen LogP contribution in [0.4, 0.5) is 10.9 Å². The number of nitrogens with two attached hydrogens (primary N) is 1. The molecule has 87 heavy (non-hydrogen) atoms. The zero-order valence-corrected chi connectivity index (χ0v) is 52.5. The number of aromatic nitrogens is 3. The number of anilines is 2. The molecule has 5 amide bonds. The minimum Gasteiger partial charge on any atom is -0.404 e. The van der Waals surface area contributed by atoms with Gasteiger partial charge in [-0.15, -0.1) is 11.3 Å². The molecule has 8 N–H and O–H groups in total. The van der Waals surface area contributed by atoms with Gasteiger partial charge in [-0.3, -0.25) is 34.3 Å². The lowest BCUT2D eigenvalue weighted by molar-refractivity contribution is -0.144. The second kappa shape index (κ2) is 28.6. The van der Waals surface area contributed by atoms with Crippen LogP contribution in [0.5, 0.6) is 0 Å². The molecule has 3 aromatic heterocycles. The lowest BCUT2D eigenvalue weighted by Crippen LogP contribution is -2.58. The van der Waals surface area contributed by atoms with Crippen molar-refractivity contribution in [2.24, 2.45) is 22.1 Å². The molecule has 3 aliphatic rings. The number of aliphatic hydroxyl groups is 2. The largest absolute Gasteiger partial charge is 0.404 e. The second-order valence-corrected chi connectivity index (χ2v) is 27.4. The van der Waals surface area contributed by atoms with Crippen LogP contribution in [0.25, 0.3) is 26.2 Å². The van der Waals surface area contributed by atoms with E-state index in [2.05, 4.69) is 30.6 Å². The molecule has 462 valence electrons. The molecule has 1 saturated carbocycles. The van der Waals surface area contributed by atoms with Gasteiger partial charge in [0.25, 0.3) is 11.8 Å². The number of nitrogens with zero attached hydrogens (tertiary/aromatic N) is 6. The maximum Gasteiger partial charge on any atom is 0.284 e. The average Bonchev–Trinajstić information content (AvgIpc) is 2.50. The third-order valence-corrected chi connectivity index (χ3v) is 20.2. The van der Waals surface area contributed by atoms with Crippen LogP contribution in [-0.2, 0) is 37.4 Å². The molecule has 1 saturated heterocycles. The topological polar surface area (TPSA) is 292 Å². The summed E-state index contributed by atoms with van der Waals surface area (Å²) in [5.74, 6) is -2.45. The van der Waals surface area contributed by atoms with Crippen molar-refractivity contribution >= 4 is 94.7 Å². The average molecular weight is 1240 g/mol. The highest BCUT2D eigenvalue weighted by Crippen LogP contribution is 2.34. The van der Waals surface area contributed by atoms with Gasteiger partial charge in [0.05, 0.1) is 44.2 Å². The summed E-state index contributed by atoms with van der Waals surface area (Å²) in [4.78, 5) is 93.5. The summed E-state index contributed by atoms with van der Waals surface area (Å²) in [6, 6.07) is 21.9. The Morgan fingerprint density at radius 1 is 0.920 bits per heavy atom. The number of carbonyl (C=O) groups excluding carboxylic acids is 5. The molecule has 20 nitrogen and oxygen atoms in total. The van der Waals surface area contributed by atoms with E-state index in [9.17, 15) is 42.6 Å². The highest BCUT2D eigenvalue weighted by Gasteiger charge is 2.46. The van der Waals surface area contributed by atoms with Gasteiger partial charge in [-0.1, -0.05) is 99.4 Å². The van der Waals surface area contributed by atoms with Gasteiger partial charge < -0.3 is 36.4 Å². The van der Waals surface area contributed by atoms with Crippen molar-refractivity contribution < 1.29 is 42.6 Å². The first-order valence-corrected chi connectivity index (χ1v) is 33.3. The van der Waals surface area contributed by atoms with Gasteiger partial charge in [0.2, 0.25) is 27.7 Å². The first-order valence-electron chi connectivity index (χ1n) is 29.9. The van der Waals surface area contributed by atoms with Crippen LogP contribution in [0.1, 0.15) is 153 Å². The van der Waals surface area contributed by atoms with Crippen LogP contribution in [0.3, 0.4) is 0 Å². The Morgan fingerprint density at radius 3 is 2.41 bits per heavy atom. The smallest absolute Gasteiger partial charge is 0.284 e. The van der Waals surface area contributed by atoms with Gasteiger partial charge in [0.15, 0.2) is 5.13 Å². The number of rotatable bonds is 24. The molecule has 2 aliphatic heterocycles. The fourth-order valence-electron chi connectivity index (χ4n) is 11.8. The van der Waals surface area contributed by atoms with Crippen molar-refractivity contribution in [3.8, 4) is 10.4 Å². The quantitative estimate of drug-likeness (QED) is 0.0221. The maximum atomic E-state index is 14.5. The zero-order chi connectivity index (χ0) is 62.0. The number of aliphatic hydroxyl groups excluding tert-OH is 2. The van der Waals surface area contributed by atoms with E-state index in [1.54, 1.807) is 48.9 Å². The first kappa shape index (κ1) is 64.0. The number of hydrogen-bond donors (Lipinski definition) is 7.